The molecule has 1 amide bonds. The van der Waals surface area contributed by atoms with E-state index in [2.05, 4.69) is 20.5 Å². The van der Waals surface area contributed by atoms with Gasteiger partial charge in [0.2, 0.25) is 0 Å². The highest BCUT2D eigenvalue weighted by Gasteiger charge is 2.17. The SMILES string of the molecule is CC(C)NC(=O)c1n[nH]c2c(=O)n(C)cnc12. The summed E-state index contributed by atoms with van der Waals surface area (Å²) in [6, 6.07) is 0.000736. The molecule has 17 heavy (non-hydrogen) atoms. The monoisotopic (exact) mass is 235 g/mol. The molecule has 2 heterocycles. The normalized spacial score (nSPS) is 11.1. The molecule has 0 aromatic carbocycles. The van der Waals surface area contributed by atoms with Crippen LogP contribution in [0.4, 0.5) is 0 Å². The number of aryl methyl sites for hydroxylation is 1. The lowest BCUT2D eigenvalue weighted by molar-refractivity contribution is 0.0939. The van der Waals surface area contributed by atoms with Gasteiger partial charge in [0.1, 0.15) is 5.52 Å². The van der Waals surface area contributed by atoms with Crippen molar-refractivity contribution in [1.82, 2.24) is 25.1 Å². The molecule has 90 valence electrons. The lowest BCUT2D eigenvalue weighted by Crippen LogP contribution is -2.30. The smallest absolute Gasteiger partial charge is 0.279 e. The zero-order valence-electron chi connectivity index (χ0n) is 9.81. The number of aromatic amines is 1. The van der Waals surface area contributed by atoms with Crippen molar-refractivity contribution in [2.75, 3.05) is 0 Å². The third-order valence-electron chi connectivity index (χ3n) is 2.27. The summed E-state index contributed by atoms with van der Waals surface area (Å²) in [5.41, 5.74) is 0.424. The molecule has 7 heteroatoms. The first-order chi connectivity index (χ1) is 8.00. The first kappa shape index (κ1) is 11.3. The summed E-state index contributed by atoms with van der Waals surface area (Å²) in [6.07, 6.45) is 1.37. The van der Waals surface area contributed by atoms with Gasteiger partial charge in [0.05, 0.1) is 6.33 Å². The molecule has 2 rings (SSSR count). The van der Waals surface area contributed by atoms with Crippen LogP contribution in [0.1, 0.15) is 24.3 Å². The van der Waals surface area contributed by atoms with Crippen LogP contribution in [-0.4, -0.2) is 31.7 Å². The Kier molecular flexibility index (Phi) is 2.66. The average Bonchev–Trinajstić information content (AvgIpc) is 2.67. The van der Waals surface area contributed by atoms with Crippen molar-refractivity contribution in [3.05, 3.63) is 22.4 Å². The van der Waals surface area contributed by atoms with Gasteiger partial charge in [-0.15, -0.1) is 0 Å². The topological polar surface area (TPSA) is 92.7 Å². The summed E-state index contributed by atoms with van der Waals surface area (Å²) < 4.78 is 1.32. The third-order valence-corrected chi connectivity index (χ3v) is 2.27. The first-order valence-electron chi connectivity index (χ1n) is 5.21. The number of H-pyrrole nitrogens is 1. The van der Waals surface area contributed by atoms with E-state index >= 15 is 0 Å². The number of amides is 1. The van der Waals surface area contributed by atoms with Crippen LogP contribution in [0.5, 0.6) is 0 Å². The van der Waals surface area contributed by atoms with Crippen LogP contribution in [0.3, 0.4) is 0 Å². The highest BCUT2D eigenvalue weighted by atomic mass is 16.2. The minimum Gasteiger partial charge on any atom is -0.348 e. The van der Waals surface area contributed by atoms with Crippen LogP contribution >= 0.6 is 0 Å². The van der Waals surface area contributed by atoms with Crippen LogP contribution in [0.15, 0.2) is 11.1 Å². The van der Waals surface area contributed by atoms with Crippen molar-refractivity contribution in [2.24, 2.45) is 7.05 Å². The molecule has 0 saturated carbocycles. The molecule has 0 fully saturated rings. The van der Waals surface area contributed by atoms with Gasteiger partial charge < -0.3 is 9.88 Å². The van der Waals surface area contributed by atoms with E-state index in [9.17, 15) is 9.59 Å². The molecular weight excluding hydrogens is 222 g/mol. The van der Waals surface area contributed by atoms with Crippen molar-refractivity contribution in [1.29, 1.82) is 0 Å². The Morgan fingerprint density at radius 1 is 1.53 bits per heavy atom. The number of aromatic nitrogens is 4. The molecule has 0 bridgehead atoms. The van der Waals surface area contributed by atoms with Gasteiger partial charge in [-0.05, 0) is 13.8 Å². The maximum atomic E-state index is 11.8. The maximum absolute atomic E-state index is 11.8. The average molecular weight is 235 g/mol. The molecule has 7 nitrogen and oxygen atoms in total. The number of hydrogen-bond acceptors (Lipinski definition) is 4. The zero-order chi connectivity index (χ0) is 12.6. The molecule has 0 spiro atoms. The second kappa shape index (κ2) is 4.00. The summed E-state index contributed by atoms with van der Waals surface area (Å²) >= 11 is 0. The minimum absolute atomic E-state index is 0.000736. The van der Waals surface area contributed by atoms with E-state index in [-0.39, 0.29) is 28.7 Å². The van der Waals surface area contributed by atoms with Crippen LogP contribution < -0.4 is 10.9 Å². The van der Waals surface area contributed by atoms with E-state index in [4.69, 9.17) is 0 Å². The second-order valence-electron chi connectivity index (χ2n) is 4.08. The highest BCUT2D eigenvalue weighted by molar-refractivity contribution is 6.02. The van der Waals surface area contributed by atoms with Gasteiger partial charge in [-0.3, -0.25) is 14.7 Å². The number of nitrogens with one attached hydrogen (secondary N) is 2. The Hall–Kier alpha value is -2.18. The van der Waals surface area contributed by atoms with Gasteiger partial charge in [0.15, 0.2) is 11.2 Å². The van der Waals surface area contributed by atoms with Crippen LogP contribution in [-0.2, 0) is 7.05 Å². The largest absolute Gasteiger partial charge is 0.348 e. The molecular formula is C10H13N5O2. The van der Waals surface area contributed by atoms with E-state index < -0.39 is 0 Å². The van der Waals surface area contributed by atoms with Gasteiger partial charge in [0.25, 0.3) is 11.5 Å². The summed E-state index contributed by atoms with van der Waals surface area (Å²) in [4.78, 5) is 27.5. The van der Waals surface area contributed by atoms with E-state index in [1.54, 1.807) is 7.05 Å². The number of fused-ring (bicyclic) bond motifs is 1. The lowest BCUT2D eigenvalue weighted by Gasteiger charge is -2.05. The fourth-order valence-corrected chi connectivity index (χ4v) is 1.47. The lowest BCUT2D eigenvalue weighted by atomic mass is 10.3. The number of carbonyl (C=O) groups is 1. The molecule has 0 aliphatic heterocycles. The van der Waals surface area contributed by atoms with Crippen molar-refractivity contribution in [3.63, 3.8) is 0 Å². The first-order valence-corrected chi connectivity index (χ1v) is 5.21. The number of rotatable bonds is 2. The van der Waals surface area contributed by atoms with Crippen molar-refractivity contribution in [2.45, 2.75) is 19.9 Å². The van der Waals surface area contributed by atoms with Crippen LogP contribution in [0, 0.1) is 0 Å². The van der Waals surface area contributed by atoms with E-state index in [0.29, 0.717) is 5.52 Å². The minimum atomic E-state index is -0.341. The summed E-state index contributed by atoms with van der Waals surface area (Å²) in [6.45, 7) is 3.69. The molecule has 0 aliphatic carbocycles. The third kappa shape index (κ3) is 1.91. The zero-order valence-corrected chi connectivity index (χ0v) is 9.81. The number of hydrogen-bond donors (Lipinski definition) is 2. The molecule has 0 unspecified atom stereocenters. The predicted octanol–water partition coefficient (Wildman–Crippen LogP) is -0.205. The van der Waals surface area contributed by atoms with E-state index in [1.165, 1.54) is 10.9 Å². The Labute approximate surface area is 96.9 Å². The Morgan fingerprint density at radius 2 is 2.24 bits per heavy atom. The van der Waals surface area contributed by atoms with E-state index in [1.807, 2.05) is 13.8 Å². The van der Waals surface area contributed by atoms with Crippen LogP contribution in [0.2, 0.25) is 0 Å². The second-order valence-corrected chi connectivity index (χ2v) is 4.08. The fraction of sp³-hybridized carbons (Fsp3) is 0.400. The quantitative estimate of drug-likeness (QED) is 0.753. The summed E-state index contributed by atoms with van der Waals surface area (Å²) in [5.74, 6) is -0.341. The molecule has 0 aliphatic rings. The predicted molar refractivity (Wildman–Crippen MR) is 61.7 cm³/mol. The molecule has 0 atom stereocenters. The molecule has 2 aromatic rings. The van der Waals surface area contributed by atoms with Crippen LogP contribution in [0.25, 0.3) is 11.0 Å². The summed E-state index contributed by atoms with van der Waals surface area (Å²) in [5, 5.41) is 9.08. The molecule has 2 aromatic heterocycles. The van der Waals surface area contributed by atoms with Crippen molar-refractivity contribution >= 4 is 16.9 Å². The molecule has 2 N–H and O–H groups in total. The Balaban J connectivity index is 2.54. The summed E-state index contributed by atoms with van der Waals surface area (Å²) in [7, 11) is 1.59. The Bertz CT molecular complexity index is 625. The van der Waals surface area contributed by atoms with Gasteiger partial charge in [-0.2, -0.15) is 5.10 Å². The Morgan fingerprint density at radius 3 is 2.88 bits per heavy atom. The van der Waals surface area contributed by atoms with Gasteiger partial charge in [0, 0.05) is 13.1 Å². The van der Waals surface area contributed by atoms with Crippen molar-refractivity contribution in [3.8, 4) is 0 Å². The van der Waals surface area contributed by atoms with Gasteiger partial charge in [-0.1, -0.05) is 0 Å². The standard InChI is InChI=1S/C10H13N5O2/c1-5(2)12-9(16)7-6-8(14-13-7)10(17)15(3)4-11-6/h4-5H,1-3H3,(H,12,16)(H,13,14). The number of nitrogens with zero attached hydrogens (tertiary/aromatic N) is 3. The maximum Gasteiger partial charge on any atom is 0.279 e. The van der Waals surface area contributed by atoms with Crippen molar-refractivity contribution < 1.29 is 4.79 Å². The highest BCUT2D eigenvalue weighted by Crippen LogP contribution is 2.08. The van der Waals surface area contributed by atoms with Gasteiger partial charge in [-0.25, -0.2) is 4.98 Å². The molecule has 0 saturated heterocycles. The van der Waals surface area contributed by atoms with E-state index in [0.717, 1.165) is 0 Å². The fourth-order valence-electron chi connectivity index (χ4n) is 1.47. The molecule has 0 radical (unpaired) electrons. The van der Waals surface area contributed by atoms with Gasteiger partial charge >= 0.3 is 0 Å². The number of carbonyl (C=O) groups excluding carboxylic acids is 1.